The molecule has 3 heteroatoms. The summed E-state index contributed by atoms with van der Waals surface area (Å²) in [6.45, 7) is 2.14. The Balaban J connectivity index is 2.17. The highest BCUT2D eigenvalue weighted by Gasteiger charge is 2.40. The van der Waals surface area contributed by atoms with E-state index in [4.69, 9.17) is 0 Å². The molecule has 0 saturated carbocycles. The molecule has 0 spiro atoms. The molecule has 3 aromatic carbocycles. The van der Waals surface area contributed by atoms with Crippen LogP contribution in [0.5, 0.6) is 0 Å². The molecule has 0 heterocycles. The van der Waals surface area contributed by atoms with Crippen LogP contribution in [0.4, 0.5) is 0 Å². The van der Waals surface area contributed by atoms with E-state index in [-0.39, 0.29) is 0 Å². The minimum Gasteiger partial charge on any atom is -0.480 e. The van der Waals surface area contributed by atoms with E-state index in [0.29, 0.717) is 6.42 Å². The first kappa shape index (κ1) is 21.2. The highest BCUT2D eigenvalue weighted by atomic mass is 32.2. The monoisotopic (exact) mass is 404 g/mol. The maximum atomic E-state index is 12.2. The van der Waals surface area contributed by atoms with Gasteiger partial charge in [0.1, 0.15) is 5.25 Å². The molecule has 0 bridgehead atoms. The molecule has 0 amide bonds. The molecule has 1 atom stereocenters. The van der Waals surface area contributed by atoms with Crippen molar-refractivity contribution in [1.29, 1.82) is 0 Å². The van der Waals surface area contributed by atoms with Gasteiger partial charge in [0.25, 0.3) is 0 Å². The molecule has 3 rings (SSSR count). The lowest BCUT2D eigenvalue weighted by Gasteiger charge is -2.37. The number of benzene rings is 3. The van der Waals surface area contributed by atoms with Crippen molar-refractivity contribution < 1.29 is 9.90 Å². The Labute approximate surface area is 178 Å². The van der Waals surface area contributed by atoms with Gasteiger partial charge in [0.05, 0.1) is 4.75 Å². The highest BCUT2D eigenvalue weighted by molar-refractivity contribution is 8.01. The van der Waals surface area contributed by atoms with E-state index in [9.17, 15) is 9.90 Å². The Bertz CT molecular complexity index is 782. The lowest BCUT2D eigenvalue weighted by molar-refractivity contribution is -0.136. The van der Waals surface area contributed by atoms with Gasteiger partial charge in [0, 0.05) is 0 Å². The Morgan fingerprint density at radius 1 is 0.793 bits per heavy atom. The fraction of sp³-hybridized carbons (Fsp3) is 0.269. The predicted molar refractivity (Wildman–Crippen MR) is 122 cm³/mol. The zero-order valence-electron chi connectivity index (χ0n) is 16.8. The maximum Gasteiger partial charge on any atom is 0.316 e. The van der Waals surface area contributed by atoms with Gasteiger partial charge in [-0.1, -0.05) is 117 Å². The Kier molecular flexibility index (Phi) is 7.54. The molecule has 0 aliphatic rings. The normalized spacial score (nSPS) is 12.4. The molecule has 0 fully saturated rings. The lowest BCUT2D eigenvalue weighted by atomic mass is 9.84. The van der Waals surface area contributed by atoms with Crippen LogP contribution in [0.3, 0.4) is 0 Å². The third kappa shape index (κ3) is 4.91. The van der Waals surface area contributed by atoms with Crippen LogP contribution in [0.2, 0.25) is 0 Å². The number of unbranched alkanes of at least 4 members (excludes halogenated alkanes) is 2. The number of hydrogen-bond donors (Lipinski definition) is 1. The molecule has 0 radical (unpaired) electrons. The van der Waals surface area contributed by atoms with Gasteiger partial charge < -0.3 is 5.11 Å². The summed E-state index contributed by atoms with van der Waals surface area (Å²) in [5.74, 6) is -0.738. The first-order chi connectivity index (χ1) is 14.2. The largest absolute Gasteiger partial charge is 0.480 e. The number of carbonyl (C=O) groups is 1. The van der Waals surface area contributed by atoms with E-state index in [1.807, 2.05) is 54.6 Å². The van der Waals surface area contributed by atoms with Crippen LogP contribution in [-0.2, 0) is 9.54 Å². The van der Waals surface area contributed by atoms with Gasteiger partial charge in [-0.15, -0.1) is 11.8 Å². The molecular formula is C26H28O2S. The van der Waals surface area contributed by atoms with Crippen molar-refractivity contribution in [2.24, 2.45) is 0 Å². The zero-order chi connectivity index (χ0) is 20.5. The molecule has 0 saturated heterocycles. The Morgan fingerprint density at radius 3 is 1.55 bits per heavy atom. The van der Waals surface area contributed by atoms with Gasteiger partial charge in [-0.25, -0.2) is 0 Å². The first-order valence-corrected chi connectivity index (χ1v) is 11.1. The summed E-state index contributed by atoms with van der Waals surface area (Å²) in [5.41, 5.74) is 3.30. The van der Waals surface area contributed by atoms with Crippen LogP contribution >= 0.6 is 11.8 Å². The van der Waals surface area contributed by atoms with Crippen molar-refractivity contribution in [3.8, 4) is 0 Å². The van der Waals surface area contributed by atoms with E-state index < -0.39 is 16.0 Å². The van der Waals surface area contributed by atoms with Crippen LogP contribution < -0.4 is 0 Å². The molecule has 0 aliphatic heterocycles. The van der Waals surface area contributed by atoms with Crippen molar-refractivity contribution in [2.45, 2.75) is 42.6 Å². The van der Waals surface area contributed by atoms with E-state index in [1.165, 1.54) is 0 Å². The minimum atomic E-state index is -0.738. The standard InChI is InChI=1S/C26H28O2S/c1-2-3-7-20-24(25(27)28)29-26(21-14-8-4-9-15-21,22-16-10-5-11-17-22)23-18-12-6-13-19-23/h4-6,8-19,24H,2-3,7,20H2,1H3,(H,27,28). The summed E-state index contributed by atoms with van der Waals surface area (Å²) in [7, 11) is 0. The predicted octanol–water partition coefficient (Wildman–Crippen LogP) is 6.75. The molecule has 29 heavy (non-hydrogen) atoms. The van der Waals surface area contributed by atoms with Crippen LogP contribution in [0, 0.1) is 0 Å². The van der Waals surface area contributed by atoms with Gasteiger partial charge in [-0.05, 0) is 23.1 Å². The molecule has 1 N–H and O–H groups in total. The Morgan fingerprint density at radius 2 is 1.21 bits per heavy atom. The summed E-state index contributed by atoms with van der Waals surface area (Å²) in [6, 6.07) is 30.9. The molecule has 1 unspecified atom stereocenters. The average molecular weight is 405 g/mol. The second kappa shape index (κ2) is 10.3. The third-order valence-electron chi connectivity index (χ3n) is 5.21. The molecule has 0 aliphatic carbocycles. The number of carboxylic acids is 1. The second-order valence-corrected chi connectivity index (χ2v) is 8.64. The summed E-state index contributed by atoms with van der Waals surface area (Å²) in [6.07, 6.45) is 3.73. The fourth-order valence-corrected chi connectivity index (χ4v) is 5.38. The molecule has 0 aromatic heterocycles. The quantitative estimate of drug-likeness (QED) is 0.300. The maximum absolute atomic E-state index is 12.2. The van der Waals surface area contributed by atoms with Crippen molar-refractivity contribution in [3.63, 3.8) is 0 Å². The number of carboxylic acid groups (broad SMARTS) is 1. The summed E-state index contributed by atoms with van der Waals surface area (Å²) in [4.78, 5) is 12.2. The van der Waals surface area contributed by atoms with E-state index in [1.54, 1.807) is 11.8 Å². The van der Waals surface area contributed by atoms with E-state index in [2.05, 4.69) is 43.3 Å². The van der Waals surface area contributed by atoms with Crippen molar-refractivity contribution >= 4 is 17.7 Å². The highest BCUT2D eigenvalue weighted by Crippen LogP contribution is 2.50. The number of aliphatic carboxylic acids is 1. The molecular weight excluding hydrogens is 376 g/mol. The average Bonchev–Trinajstić information content (AvgIpc) is 2.78. The number of rotatable bonds is 10. The number of hydrogen-bond acceptors (Lipinski definition) is 2. The smallest absolute Gasteiger partial charge is 0.316 e. The third-order valence-corrected chi connectivity index (χ3v) is 6.99. The second-order valence-electron chi connectivity index (χ2n) is 7.22. The lowest BCUT2D eigenvalue weighted by Crippen LogP contribution is -2.31. The van der Waals surface area contributed by atoms with Crippen LogP contribution in [0.25, 0.3) is 0 Å². The van der Waals surface area contributed by atoms with Crippen LogP contribution in [0.1, 0.15) is 49.3 Å². The zero-order valence-corrected chi connectivity index (χ0v) is 17.6. The fourth-order valence-electron chi connectivity index (χ4n) is 3.75. The topological polar surface area (TPSA) is 37.3 Å². The molecule has 150 valence electrons. The summed E-state index contributed by atoms with van der Waals surface area (Å²) in [5, 5.41) is 9.57. The number of thioether (sulfide) groups is 1. The van der Waals surface area contributed by atoms with E-state index >= 15 is 0 Å². The van der Waals surface area contributed by atoms with Crippen LogP contribution in [0.15, 0.2) is 91.0 Å². The van der Waals surface area contributed by atoms with Crippen molar-refractivity contribution in [3.05, 3.63) is 108 Å². The SMILES string of the molecule is CCCCCC(SC(c1ccccc1)(c1ccccc1)c1ccccc1)C(=O)O. The molecule has 3 aromatic rings. The molecule has 2 nitrogen and oxygen atoms in total. The van der Waals surface area contributed by atoms with Crippen LogP contribution in [-0.4, -0.2) is 16.3 Å². The van der Waals surface area contributed by atoms with Gasteiger partial charge in [-0.2, -0.15) is 0 Å². The van der Waals surface area contributed by atoms with Crippen molar-refractivity contribution in [1.82, 2.24) is 0 Å². The van der Waals surface area contributed by atoms with E-state index in [0.717, 1.165) is 36.0 Å². The van der Waals surface area contributed by atoms with Gasteiger partial charge in [0.15, 0.2) is 0 Å². The minimum absolute atomic E-state index is 0.484. The van der Waals surface area contributed by atoms with Gasteiger partial charge in [0.2, 0.25) is 0 Å². The van der Waals surface area contributed by atoms with Gasteiger partial charge >= 0.3 is 5.97 Å². The first-order valence-electron chi connectivity index (χ1n) is 10.3. The van der Waals surface area contributed by atoms with Gasteiger partial charge in [-0.3, -0.25) is 4.79 Å². The summed E-state index contributed by atoms with van der Waals surface area (Å²) < 4.78 is -0.584. The van der Waals surface area contributed by atoms with Crippen molar-refractivity contribution in [2.75, 3.05) is 0 Å². The summed E-state index contributed by atoms with van der Waals surface area (Å²) >= 11 is 1.56. The Hall–Kier alpha value is -2.52.